The first-order valence-electron chi connectivity index (χ1n) is 11.3. The van der Waals surface area contributed by atoms with Crippen LogP contribution in [-0.2, 0) is 17.8 Å². The van der Waals surface area contributed by atoms with Crippen molar-refractivity contribution in [1.29, 1.82) is 0 Å². The number of hydrogen-bond donors (Lipinski definition) is 1. The average Bonchev–Trinajstić information content (AvgIpc) is 2.81. The summed E-state index contributed by atoms with van der Waals surface area (Å²) < 4.78 is 33.4. The van der Waals surface area contributed by atoms with Gasteiger partial charge < -0.3 is 15.0 Å². The molecule has 0 aliphatic carbocycles. The van der Waals surface area contributed by atoms with E-state index in [0.29, 0.717) is 29.8 Å². The molecule has 6 nitrogen and oxygen atoms in total. The van der Waals surface area contributed by atoms with Crippen LogP contribution in [0, 0.1) is 11.6 Å². The van der Waals surface area contributed by atoms with Crippen molar-refractivity contribution in [2.45, 2.75) is 25.9 Å². The lowest BCUT2D eigenvalue weighted by molar-refractivity contribution is -0.117. The maximum atomic E-state index is 14.8. The molecule has 1 aliphatic rings. The fourth-order valence-electron chi connectivity index (χ4n) is 3.96. The minimum Gasteiger partial charge on any atom is -0.439 e. The molecule has 1 aliphatic heterocycles. The van der Waals surface area contributed by atoms with Gasteiger partial charge in [-0.3, -0.25) is 9.69 Å². The third kappa shape index (κ3) is 6.15. The van der Waals surface area contributed by atoms with Crippen LogP contribution < -0.4 is 15.0 Å². The van der Waals surface area contributed by atoms with Gasteiger partial charge in [0.15, 0.2) is 0 Å². The molecular formula is C26H28F2N4O2. The van der Waals surface area contributed by atoms with Gasteiger partial charge in [-0.15, -0.1) is 0 Å². The number of hydrogen-bond acceptors (Lipinski definition) is 5. The highest BCUT2D eigenvalue weighted by atomic mass is 19.1. The molecule has 8 heteroatoms. The lowest BCUT2D eigenvalue weighted by Gasteiger charge is -2.32. The molecule has 1 N–H and O–H groups in total. The Kier molecular flexibility index (Phi) is 7.49. The van der Waals surface area contributed by atoms with Crippen molar-refractivity contribution in [2.24, 2.45) is 0 Å². The van der Waals surface area contributed by atoms with E-state index in [1.165, 1.54) is 35.2 Å². The summed E-state index contributed by atoms with van der Waals surface area (Å²) >= 11 is 0. The summed E-state index contributed by atoms with van der Waals surface area (Å²) in [5.41, 5.74) is 1.80. The number of anilines is 1. The van der Waals surface area contributed by atoms with E-state index in [-0.39, 0.29) is 23.8 Å². The lowest BCUT2D eigenvalue weighted by atomic mass is 10.1. The molecule has 0 spiro atoms. The summed E-state index contributed by atoms with van der Waals surface area (Å²) in [7, 11) is 1.57. The van der Waals surface area contributed by atoms with E-state index in [1.807, 2.05) is 6.07 Å². The zero-order chi connectivity index (χ0) is 24.1. The fraction of sp³-hybridized carbons (Fsp3) is 0.308. The van der Waals surface area contributed by atoms with E-state index >= 15 is 0 Å². The first-order valence-corrected chi connectivity index (χ1v) is 11.3. The molecule has 1 aromatic heterocycles. The molecule has 2 heterocycles. The Hall–Kier alpha value is -3.36. The standard InChI is InChI=1S/C26H28F2N4O2/c1-18-16-32(12-11-29-18)17-20-3-9-24(23(28)13-20)31(2)26(33)14-19-4-10-25(30-15-19)34-22-7-5-21(27)6-8-22/h3-10,13,15,18,29H,11-12,14,16-17H2,1-2H3/t18-/m0/s1. The van der Waals surface area contributed by atoms with Crippen LogP contribution in [0.1, 0.15) is 18.1 Å². The van der Waals surface area contributed by atoms with Crippen molar-refractivity contribution >= 4 is 11.6 Å². The maximum Gasteiger partial charge on any atom is 0.231 e. The van der Waals surface area contributed by atoms with Crippen molar-refractivity contribution < 1.29 is 18.3 Å². The molecule has 0 bridgehead atoms. The average molecular weight is 467 g/mol. The zero-order valence-electron chi connectivity index (χ0n) is 19.3. The number of aromatic nitrogens is 1. The number of nitrogens with zero attached hydrogens (tertiary/aromatic N) is 3. The minimum absolute atomic E-state index is 0.0696. The number of pyridine rings is 1. The normalized spacial score (nSPS) is 16.3. The Morgan fingerprint density at radius 2 is 1.91 bits per heavy atom. The van der Waals surface area contributed by atoms with E-state index < -0.39 is 5.82 Å². The van der Waals surface area contributed by atoms with E-state index in [2.05, 4.69) is 22.1 Å². The van der Waals surface area contributed by atoms with Crippen LogP contribution >= 0.6 is 0 Å². The highest BCUT2D eigenvalue weighted by Gasteiger charge is 2.19. The van der Waals surface area contributed by atoms with Crippen LogP contribution in [-0.4, -0.2) is 48.5 Å². The summed E-state index contributed by atoms with van der Waals surface area (Å²) in [6.07, 6.45) is 1.61. The Morgan fingerprint density at radius 3 is 2.59 bits per heavy atom. The second kappa shape index (κ2) is 10.7. The zero-order valence-corrected chi connectivity index (χ0v) is 19.3. The van der Waals surface area contributed by atoms with Crippen LogP contribution in [0.2, 0.25) is 0 Å². The molecule has 34 heavy (non-hydrogen) atoms. The van der Waals surface area contributed by atoms with Gasteiger partial charge in [0.1, 0.15) is 17.4 Å². The predicted molar refractivity (Wildman–Crippen MR) is 127 cm³/mol. The number of piperazine rings is 1. The number of ether oxygens (including phenoxy) is 1. The topological polar surface area (TPSA) is 57.7 Å². The second-order valence-electron chi connectivity index (χ2n) is 8.57. The number of carbonyl (C=O) groups excluding carboxylic acids is 1. The van der Waals surface area contributed by atoms with Crippen molar-refractivity contribution in [2.75, 3.05) is 31.6 Å². The molecule has 1 amide bonds. The molecule has 0 saturated carbocycles. The first-order chi connectivity index (χ1) is 16.4. The SMILES string of the molecule is C[C@H]1CN(Cc2ccc(N(C)C(=O)Cc3ccc(Oc4ccc(F)cc4)nc3)c(F)c2)CCN1. The molecule has 1 saturated heterocycles. The summed E-state index contributed by atoms with van der Waals surface area (Å²) in [4.78, 5) is 20.6. The van der Waals surface area contributed by atoms with Crippen molar-refractivity contribution in [3.63, 3.8) is 0 Å². The van der Waals surface area contributed by atoms with Crippen LogP contribution in [0.5, 0.6) is 11.6 Å². The summed E-state index contributed by atoms with van der Waals surface area (Å²) in [6.45, 7) is 5.58. The highest BCUT2D eigenvalue weighted by molar-refractivity contribution is 5.94. The Morgan fingerprint density at radius 1 is 1.15 bits per heavy atom. The van der Waals surface area contributed by atoms with Gasteiger partial charge in [0.05, 0.1) is 12.1 Å². The van der Waals surface area contributed by atoms with Gasteiger partial charge in [0, 0.05) is 51.5 Å². The van der Waals surface area contributed by atoms with E-state index in [1.54, 1.807) is 31.4 Å². The van der Waals surface area contributed by atoms with Gasteiger partial charge in [-0.05, 0) is 54.4 Å². The number of carbonyl (C=O) groups is 1. The van der Waals surface area contributed by atoms with E-state index in [4.69, 9.17) is 4.74 Å². The molecule has 0 radical (unpaired) electrons. The van der Waals surface area contributed by atoms with Gasteiger partial charge in [0.2, 0.25) is 11.8 Å². The molecule has 4 rings (SSSR count). The van der Waals surface area contributed by atoms with Gasteiger partial charge in [-0.25, -0.2) is 13.8 Å². The molecule has 3 aromatic rings. The van der Waals surface area contributed by atoms with Gasteiger partial charge >= 0.3 is 0 Å². The quantitative estimate of drug-likeness (QED) is 0.567. The fourth-order valence-corrected chi connectivity index (χ4v) is 3.96. The Bertz CT molecular complexity index is 1120. The monoisotopic (exact) mass is 466 g/mol. The summed E-state index contributed by atoms with van der Waals surface area (Å²) in [6, 6.07) is 14.4. The molecular weight excluding hydrogens is 438 g/mol. The summed E-state index contributed by atoms with van der Waals surface area (Å²) in [5, 5.41) is 3.40. The van der Waals surface area contributed by atoms with Crippen LogP contribution in [0.25, 0.3) is 0 Å². The second-order valence-corrected chi connectivity index (χ2v) is 8.57. The smallest absolute Gasteiger partial charge is 0.231 e. The van der Waals surface area contributed by atoms with E-state index in [9.17, 15) is 13.6 Å². The van der Waals surface area contributed by atoms with Crippen LogP contribution in [0.3, 0.4) is 0 Å². The predicted octanol–water partition coefficient (Wildman–Crippen LogP) is 4.15. The third-order valence-electron chi connectivity index (χ3n) is 5.80. The molecule has 178 valence electrons. The van der Waals surface area contributed by atoms with Crippen molar-refractivity contribution in [3.8, 4) is 11.6 Å². The summed E-state index contributed by atoms with van der Waals surface area (Å²) in [5.74, 6) is -0.229. The number of amides is 1. The van der Waals surface area contributed by atoms with Gasteiger partial charge in [-0.1, -0.05) is 12.1 Å². The van der Waals surface area contributed by atoms with Crippen molar-refractivity contribution in [1.82, 2.24) is 15.2 Å². The first kappa shape index (κ1) is 23.8. The van der Waals surface area contributed by atoms with Gasteiger partial charge in [-0.2, -0.15) is 0 Å². The van der Waals surface area contributed by atoms with Gasteiger partial charge in [0.25, 0.3) is 0 Å². The Labute approximate surface area is 198 Å². The lowest BCUT2D eigenvalue weighted by Crippen LogP contribution is -2.48. The number of rotatable bonds is 7. The molecule has 2 aromatic carbocycles. The van der Waals surface area contributed by atoms with Crippen molar-refractivity contribution in [3.05, 3.63) is 83.6 Å². The van der Waals surface area contributed by atoms with E-state index in [0.717, 1.165) is 25.2 Å². The van der Waals surface area contributed by atoms with Crippen LogP contribution in [0.15, 0.2) is 60.8 Å². The largest absolute Gasteiger partial charge is 0.439 e. The maximum absolute atomic E-state index is 14.8. The number of nitrogens with one attached hydrogen (secondary N) is 1. The Balaban J connectivity index is 1.35. The number of halogens is 2. The molecule has 1 fully saturated rings. The molecule has 0 unspecified atom stereocenters. The minimum atomic E-state index is -0.419. The highest BCUT2D eigenvalue weighted by Crippen LogP contribution is 2.23. The number of likely N-dealkylation sites (N-methyl/N-ethyl adjacent to an activating group) is 1. The third-order valence-corrected chi connectivity index (χ3v) is 5.80. The molecule has 1 atom stereocenters. The number of benzene rings is 2. The van der Waals surface area contributed by atoms with Crippen LogP contribution in [0.4, 0.5) is 14.5 Å².